The Morgan fingerprint density at radius 3 is 3.11 bits per heavy atom. The summed E-state index contributed by atoms with van der Waals surface area (Å²) in [5.74, 6) is 0.697. The Balaban J connectivity index is 1.79. The number of likely N-dealkylation sites (N-methyl/N-ethyl adjacent to an activating group) is 1. The zero-order valence-corrected chi connectivity index (χ0v) is 10.4. The maximum Gasteiger partial charge on any atom is 0.247 e. The van der Waals surface area contributed by atoms with Gasteiger partial charge in [-0.15, -0.1) is 0 Å². The standard InChI is InChI=1S/C12H17N3O3/c1-13-10-11-9(14-7-18-11)2-4-15(12(10)16)6-8-3-5-17-8/h7-8,10,13H,2-6H2,1H3. The number of amides is 1. The van der Waals surface area contributed by atoms with Crippen LogP contribution in [0.2, 0.25) is 0 Å². The van der Waals surface area contributed by atoms with E-state index in [1.807, 2.05) is 4.90 Å². The van der Waals surface area contributed by atoms with E-state index in [9.17, 15) is 4.79 Å². The molecule has 0 radical (unpaired) electrons. The number of fused-ring (bicyclic) bond motifs is 1. The molecule has 18 heavy (non-hydrogen) atoms. The third kappa shape index (κ3) is 1.91. The summed E-state index contributed by atoms with van der Waals surface area (Å²) in [5, 5.41) is 3.01. The molecule has 2 aliphatic heterocycles. The number of nitrogens with zero attached hydrogens (tertiary/aromatic N) is 2. The van der Waals surface area contributed by atoms with Gasteiger partial charge in [0, 0.05) is 26.1 Å². The predicted molar refractivity (Wildman–Crippen MR) is 62.9 cm³/mol. The number of rotatable bonds is 3. The smallest absolute Gasteiger partial charge is 0.247 e. The van der Waals surface area contributed by atoms with Gasteiger partial charge in [0.2, 0.25) is 5.91 Å². The van der Waals surface area contributed by atoms with Gasteiger partial charge in [0.25, 0.3) is 0 Å². The second-order valence-electron chi connectivity index (χ2n) is 4.70. The first kappa shape index (κ1) is 11.7. The molecule has 0 saturated carbocycles. The highest BCUT2D eigenvalue weighted by Gasteiger charge is 2.35. The summed E-state index contributed by atoms with van der Waals surface area (Å²) >= 11 is 0. The maximum atomic E-state index is 12.4. The van der Waals surface area contributed by atoms with Crippen molar-refractivity contribution in [2.24, 2.45) is 0 Å². The van der Waals surface area contributed by atoms with Crippen molar-refractivity contribution < 1.29 is 13.9 Å². The summed E-state index contributed by atoms with van der Waals surface area (Å²) < 4.78 is 10.7. The molecule has 3 heterocycles. The summed E-state index contributed by atoms with van der Waals surface area (Å²) in [4.78, 5) is 18.5. The van der Waals surface area contributed by atoms with Crippen LogP contribution in [0.25, 0.3) is 0 Å². The summed E-state index contributed by atoms with van der Waals surface area (Å²) in [7, 11) is 1.76. The van der Waals surface area contributed by atoms with E-state index in [1.54, 1.807) is 7.05 Å². The summed E-state index contributed by atoms with van der Waals surface area (Å²) in [6.07, 6.45) is 3.38. The Morgan fingerprint density at radius 1 is 1.61 bits per heavy atom. The lowest BCUT2D eigenvalue weighted by Crippen LogP contribution is -2.46. The van der Waals surface area contributed by atoms with Gasteiger partial charge in [-0.3, -0.25) is 4.79 Å². The molecule has 1 fully saturated rings. The normalized spacial score (nSPS) is 27.6. The lowest BCUT2D eigenvalue weighted by atomic mass is 10.1. The Kier molecular flexibility index (Phi) is 3.05. The van der Waals surface area contributed by atoms with Crippen molar-refractivity contribution in [2.45, 2.75) is 25.0 Å². The van der Waals surface area contributed by atoms with Crippen LogP contribution >= 0.6 is 0 Å². The molecule has 0 aromatic carbocycles. The molecule has 0 aliphatic carbocycles. The Labute approximate surface area is 105 Å². The number of aromatic nitrogens is 1. The number of hydrogen-bond acceptors (Lipinski definition) is 5. The molecule has 2 atom stereocenters. The van der Waals surface area contributed by atoms with Crippen molar-refractivity contribution in [3.63, 3.8) is 0 Å². The molecule has 0 spiro atoms. The Morgan fingerprint density at radius 2 is 2.44 bits per heavy atom. The molecule has 1 amide bonds. The zero-order chi connectivity index (χ0) is 12.5. The van der Waals surface area contributed by atoms with E-state index in [2.05, 4.69) is 10.3 Å². The quantitative estimate of drug-likeness (QED) is 0.825. The van der Waals surface area contributed by atoms with Gasteiger partial charge in [0.1, 0.15) is 6.04 Å². The van der Waals surface area contributed by atoms with Crippen molar-refractivity contribution in [3.8, 4) is 0 Å². The molecule has 6 heteroatoms. The van der Waals surface area contributed by atoms with Crippen molar-refractivity contribution in [1.29, 1.82) is 0 Å². The van der Waals surface area contributed by atoms with Crippen LogP contribution in [0.1, 0.15) is 23.9 Å². The maximum absolute atomic E-state index is 12.4. The van der Waals surface area contributed by atoms with Gasteiger partial charge in [-0.1, -0.05) is 0 Å². The third-order valence-electron chi connectivity index (χ3n) is 3.62. The predicted octanol–water partition coefficient (Wildman–Crippen LogP) is 0.109. The molecule has 6 nitrogen and oxygen atoms in total. The molecular formula is C12H17N3O3. The minimum Gasteiger partial charge on any atom is -0.446 e. The lowest BCUT2D eigenvalue weighted by Gasteiger charge is -2.33. The highest BCUT2D eigenvalue weighted by atomic mass is 16.5. The van der Waals surface area contributed by atoms with Crippen LogP contribution in [-0.2, 0) is 16.0 Å². The number of nitrogens with one attached hydrogen (secondary N) is 1. The number of oxazole rings is 1. The van der Waals surface area contributed by atoms with Gasteiger partial charge in [-0.2, -0.15) is 0 Å². The Hall–Kier alpha value is -1.40. The number of carbonyl (C=O) groups is 1. The van der Waals surface area contributed by atoms with Crippen molar-refractivity contribution in [1.82, 2.24) is 15.2 Å². The van der Waals surface area contributed by atoms with Crippen LogP contribution in [0, 0.1) is 0 Å². The summed E-state index contributed by atoms with van der Waals surface area (Å²) in [6, 6.07) is -0.426. The van der Waals surface area contributed by atoms with Gasteiger partial charge < -0.3 is 19.4 Å². The first-order valence-electron chi connectivity index (χ1n) is 6.29. The Bertz CT molecular complexity index is 442. The minimum absolute atomic E-state index is 0.0449. The van der Waals surface area contributed by atoms with E-state index in [0.29, 0.717) is 18.8 Å². The van der Waals surface area contributed by atoms with E-state index < -0.39 is 6.04 Å². The molecule has 98 valence electrons. The van der Waals surface area contributed by atoms with Crippen molar-refractivity contribution >= 4 is 5.91 Å². The molecule has 1 saturated heterocycles. The van der Waals surface area contributed by atoms with Crippen LogP contribution in [0.3, 0.4) is 0 Å². The van der Waals surface area contributed by atoms with Crippen LogP contribution in [0.4, 0.5) is 0 Å². The molecule has 1 aromatic heterocycles. The second kappa shape index (κ2) is 4.70. The highest BCUT2D eigenvalue weighted by Crippen LogP contribution is 2.25. The van der Waals surface area contributed by atoms with E-state index in [-0.39, 0.29) is 12.0 Å². The van der Waals surface area contributed by atoms with Gasteiger partial charge in [-0.05, 0) is 13.5 Å². The monoisotopic (exact) mass is 251 g/mol. The van der Waals surface area contributed by atoms with E-state index in [0.717, 1.165) is 25.1 Å². The van der Waals surface area contributed by atoms with E-state index in [1.165, 1.54) is 6.39 Å². The van der Waals surface area contributed by atoms with Gasteiger partial charge in [-0.25, -0.2) is 4.98 Å². The van der Waals surface area contributed by atoms with E-state index >= 15 is 0 Å². The molecule has 0 bridgehead atoms. The van der Waals surface area contributed by atoms with Gasteiger partial charge >= 0.3 is 0 Å². The minimum atomic E-state index is -0.426. The van der Waals surface area contributed by atoms with E-state index in [4.69, 9.17) is 9.15 Å². The SMILES string of the molecule is CNC1C(=O)N(CC2CCO2)CCc2ncoc21. The van der Waals surface area contributed by atoms with Crippen LogP contribution in [0.15, 0.2) is 10.8 Å². The fraction of sp³-hybridized carbons (Fsp3) is 0.667. The lowest BCUT2D eigenvalue weighted by molar-refractivity contribution is -0.139. The van der Waals surface area contributed by atoms with Crippen molar-refractivity contribution in [2.75, 3.05) is 26.7 Å². The molecule has 1 aromatic rings. The topological polar surface area (TPSA) is 67.6 Å². The van der Waals surface area contributed by atoms with Gasteiger partial charge in [0.05, 0.1) is 11.8 Å². The highest BCUT2D eigenvalue weighted by molar-refractivity contribution is 5.83. The van der Waals surface area contributed by atoms with Crippen LogP contribution in [0.5, 0.6) is 0 Å². The molecule has 2 unspecified atom stereocenters. The molecule has 2 aliphatic rings. The first-order chi connectivity index (χ1) is 8.79. The van der Waals surface area contributed by atoms with Crippen molar-refractivity contribution in [3.05, 3.63) is 17.8 Å². The molecular weight excluding hydrogens is 234 g/mol. The summed E-state index contributed by atoms with van der Waals surface area (Å²) in [6.45, 7) is 2.15. The number of ether oxygens (including phenoxy) is 1. The zero-order valence-electron chi connectivity index (χ0n) is 10.4. The van der Waals surface area contributed by atoms with Crippen LogP contribution < -0.4 is 5.32 Å². The third-order valence-corrected chi connectivity index (χ3v) is 3.62. The number of carbonyl (C=O) groups excluding carboxylic acids is 1. The fourth-order valence-corrected chi connectivity index (χ4v) is 2.46. The molecule has 3 rings (SSSR count). The van der Waals surface area contributed by atoms with Gasteiger partial charge in [0.15, 0.2) is 12.2 Å². The largest absolute Gasteiger partial charge is 0.446 e. The number of hydrogen-bond donors (Lipinski definition) is 1. The van der Waals surface area contributed by atoms with Crippen LogP contribution in [-0.4, -0.2) is 48.6 Å². The summed E-state index contributed by atoms with van der Waals surface area (Å²) in [5.41, 5.74) is 0.875. The fourth-order valence-electron chi connectivity index (χ4n) is 2.46. The average molecular weight is 251 g/mol. The average Bonchev–Trinajstić information content (AvgIpc) is 2.72. The second-order valence-corrected chi connectivity index (χ2v) is 4.70. The first-order valence-corrected chi connectivity index (χ1v) is 6.29. The molecule has 1 N–H and O–H groups in total.